The van der Waals surface area contributed by atoms with Gasteiger partial charge in [-0.15, -0.1) is 0 Å². The highest BCUT2D eigenvalue weighted by molar-refractivity contribution is 5.97. The van der Waals surface area contributed by atoms with E-state index in [1.807, 2.05) is 44.2 Å². The third kappa shape index (κ3) is 6.23. The van der Waals surface area contributed by atoms with E-state index in [0.29, 0.717) is 12.1 Å². The number of carbonyl (C=O) groups is 3. The first kappa shape index (κ1) is 21.2. The quantitative estimate of drug-likeness (QED) is 0.721. The van der Waals surface area contributed by atoms with Crippen molar-refractivity contribution in [3.8, 4) is 0 Å². The Labute approximate surface area is 165 Å². The molecule has 0 saturated carbocycles. The summed E-state index contributed by atoms with van der Waals surface area (Å²) in [6.07, 6.45) is -0.962. The molecule has 0 spiro atoms. The van der Waals surface area contributed by atoms with Gasteiger partial charge in [0.15, 0.2) is 6.10 Å². The van der Waals surface area contributed by atoms with Crippen LogP contribution in [0.15, 0.2) is 48.5 Å². The molecule has 0 aromatic heterocycles. The van der Waals surface area contributed by atoms with Gasteiger partial charge in [0.1, 0.15) is 6.04 Å². The molecule has 0 saturated heterocycles. The van der Waals surface area contributed by atoms with Gasteiger partial charge in [0.25, 0.3) is 11.8 Å². The normalized spacial score (nSPS) is 12.6. The second kappa shape index (κ2) is 9.69. The lowest BCUT2D eigenvalue weighted by atomic mass is 10.1. The van der Waals surface area contributed by atoms with Gasteiger partial charge in [0, 0.05) is 12.1 Å². The van der Waals surface area contributed by atoms with Crippen LogP contribution in [0.5, 0.6) is 0 Å². The Kier molecular flexibility index (Phi) is 7.32. The van der Waals surface area contributed by atoms with Gasteiger partial charge in [0.05, 0.1) is 0 Å². The third-order valence-corrected chi connectivity index (χ3v) is 4.23. The van der Waals surface area contributed by atoms with Gasteiger partial charge in [-0.1, -0.05) is 47.5 Å². The highest BCUT2D eigenvalue weighted by Crippen LogP contribution is 2.06. The van der Waals surface area contributed by atoms with Crippen LogP contribution in [-0.4, -0.2) is 29.9 Å². The topological polar surface area (TPSA) is 84.5 Å². The molecule has 2 rings (SSSR count). The monoisotopic (exact) mass is 382 g/mol. The Morgan fingerprint density at radius 1 is 0.964 bits per heavy atom. The summed E-state index contributed by atoms with van der Waals surface area (Å²) in [5.41, 5.74) is 3.50. The van der Waals surface area contributed by atoms with Crippen LogP contribution in [0.25, 0.3) is 0 Å². The summed E-state index contributed by atoms with van der Waals surface area (Å²) in [5.74, 6) is -1.44. The van der Waals surface area contributed by atoms with Crippen LogP contribution in [-0.2, 0) is 20.9 Å². The number of nitrogens with one attached hydrogen (secondary N) is 2. The zero-order chi connectivity index (χ0) is 20.7. The van der Waals surface area contributed by atoms with Gasteiger partial charge in [-0.2, -0.15) is 0 Å². The van der Waals surface area contributed by atoms with Gasteiger partial charge in [-0.3, -0.25) is 9.59 Å². The second-order valence-electron chi connectivity index (χ2n) is 6.85. The molecule has 0 aliphatic rings. The Hall–Kier alpha value is -3.15. The molecule has 6 heteroatoms. The maximum Gasteiger partial charge on any atom is 0.329 e. The predicted octanol–water partition coefficient (Wildman–Crippen LogP) is 2.67. The smallest absolute Gasteiger partial charge is 0.329 e. The second-order valence-corrected chi connectivity index (χ2v) is 6.85. The predicted molar refractivity (Wildman–Crippen MR) is 107 cm³/mol. The molecule has 2 atom stereocenters. The summed E-state index contributed by atoms with van der Waals surface area (Å²) in [5, 5.41) is 5.32. The van der Waals surface area contributed by atoms with Crippen LogP contribution in [0.4, 0.5) is 0 Å². The van der Waals surface area contributed by atoms with Crippen molar-refractivity contribution < 1.29 is 19.1 Å². The number of esters is 1. The van der Waals surface area contributed by atoms with E-state index in [9.17, 15) is 14.4 Å². The summed E-state index contributed by atoms with van der Waals surface area (Å²) in [7, 11) is 0. The van der Waals surface area contributed by atoms with Crippen LogP contribution in [0, 0.1) is 13.8 Å². The molecule has 28 heavy (non-hydrogen) atoms. The summed E-state index contributed by atoms with van der Waals surface area (Å²) in [6, 6.07) is 14.0. The lowest BCUT2D eigenvalue weighted by Gasteiger charge is -2.17. The van der Waals surface area contributed by atoms with Gasteiger partial charge < -0.3 is 15.4 Å². The number of hydrogen-bond donors (Lipinski definition) is 2. The molecule has 0 heterocycles. The fraction of sp³-hybridized carbons (Fsp3) is 0.318. The summed E-state index contributed by atoms with van der Waals surface area (Å²) in [4.78, 5) is 36.5. The zero-order valence-electron chi connectivity index (χ0n) is 16.6. The van der Waals surface area contributed by atoms with Crippen LogP contribution in [0.2, 0.25) is 0 Å². The van der Waals surface area contributed by atoms with Crippen molar-refractivity contribution >= 4 is 17.8 Å². The summed E-state index contributed by atoms with van der Waals surface area (Å²) in [6.45, 7) is 7.24. The molecule has 2 N–H and O–H groups in total. The maximum absolute atomic E-state index is 12.2. The van der Waals surface area contributed by atoms with Crippen molar-refractivity contribution in [2.45, 2.75) is 46.4 Å². The Balaban J connectivity index is 1.82. The molecule has 6 nitrogen and oxygen atoms in total. The van der Waals surface area contributed by atoms with Crippen LogP contribution < -0.4 is 10.6 Å². The third-order valence-electron chi connectivity index (χ3n) is 4.23. The van der Waals surface area contributed by atoms with E-state index in [1.54, 1.807) is 18.2 Å². The number of ether oxygens (including phenoxy) is 1. The highest BCUT2D eigenvalue weighted by Gasteiger charge is 2.23. The average Bonchev–Trinajstić information content (AvgIpc) is 2.67. The number of amides is 2. The first-order valence-electron chi connectivity index (χ1n) is 9.17. The largest absolute Gasteiger partial charge is 0.451 e. The molecular formula is C22H26N2O4. The lowest BCUT2D eigenvalue weighted by Crippen LogP contribution is -2.43. The maximum atomic E-state index is 12.2. The number of carbonyl (C=O) groups excluding carboxylic acids is 3. The minimum Gasteiger partial charge on any atom is -0.451 e. The minimum atomic E-state index is -0.962. The standard InChI is InChI=1S/C22H26N2O4/c1-14-8-10-18(11-9-14)13-23-20(25)17(4)28-22(27)16(3)24-21(26)19-7-5-6-15(2)12-19/h5-12,16-17H,13H2,1-4H3,(H,23,25)(H,24,26)/t16-,17+/m0/s1. The first-order valence-corrected chi connectivity index (χ1v) is 9.17. The summed E-state index contributed by atoms with van der Waals surface area (Å²) < 4.78 is 5.18. The number of benzene rings is 2. The molecule has 0 unspecified atom stereocenters. The molecule has 0 bridgehead atoms. The van der Waals surface area contributed by atoms with E-state index < -0.39 is 24.0 Å². The number of rotatable bonds is 7. The Bertz CT molecular complexity index is 846. The summed E-state index contributed by atoms with van der Waals surface area (Å²) >= 11 is 0. The molecule has 2 aromatic carbocycles. The van der Waals surface area contributed by atoms with Crippen molar-refractivity contribution in [1.29, 1.82) is 0 Å². The Morgan fingerprint density at radius 3 is 2.29 bits per heavy atom. The van der Waals surface area contributed by atoms with Crippen molar-refractivity contribution in [3.05, 3.63) is 70.8 Å². The van der Waals surface area contributed by atoms with E-state index in [2.05, 4.69) is 10.6 Å². The van der Waals surface area contributed by atoms with Crippen molar-refractivity contribution in [2.75, 3.05) is 0 Å². The van der Waals surface area contributed by atoms with Crippen LogP contribution in [0.1, 0.15) is 40.9 Å². The molecule has 0 aliphatic heterocycles. The van der Waals surface area contributed by atoms with Crippen LogP contribution in [0.3, 0.4) is 0 Å². The Morgan fingerprint density at radius 2 is 1.64 bits per heavy atom. The molecule has 2 amide bonds. The van der Waals surface area contributed by atoms with Crippen LogP contribution >= 0.6 is 0 Å². The van der Waals surface area contributed by atoms with Crippen molar-refractivity contribution in [1.82, 2.24) is 10.6 Å². The molecule has 148 valence electrons. The fourth-order valence-corrected chi connectivity index (χ4v) is 2.49. The molecule has 0 fully saturated rings. The average molecular weight is 382 g/mol. The fourth-order valence-electron chi connectivity index (χ4n) is 2.49. The van der Waals surface area contributed by atoms with Crippen molar-refractivity contribution in [2.24, 2.45) is 0 Å². The highest BCUT2D eigenvalue weighted by atomic mass is 16.5. The molecule has 2 aromatic rings. The van der Waals surface area contributed by atoms with E-state index in [4.69, 9.17) is 4.74 Å². The van der Waals surface area contributed by atoms with Gasteiger partial charge >= 0.3 is 5.97 Å². The van der Waals surface area contributed by atoms with E-state index in [-0.39, 0.29) is 5.91 Å². The molecule has 0 radical (unpaired) electrons. The minimum absolute atomic E-state index is 0.348. The lowest BCUT2D eigenvalue weighted by molar-refractivity contribution is -0.156. The number of hydrogen-bond acceptors (Lipinski definition) is 4. The van der Waals surface area contributed by atoms with Gasteiger partial charge in [0.2, 0.25) is 0 Å². The molecular weight excluding hydrogens is 356 g/mol. The van der Waals surface area contributed by atoms with E-state index in [0.717, 1.165) is 16.7 Å². The first-order chi connectivity index (χ1) is 13.3. The van der Waals surface area contributed by atoms with Gasteiger partial charge in [-0.05, 0) is 45.4 Å². The van der Waals surface area contributed by atoms with Gasteiger partial charge in [-0.25, -0.2) is 4.79 Å². The molecule has 0 aliphatic carbocycles. The van der Waals surface area contributed by atoms with Crippen molar-refractivity contribution in [3.63, 3.8) is 0 Å². The van der Waals surface area contributed by atoms with E-state index >= 15 is 0 Å². The SMILES string of the molecule is Cc1ccc(CNC(=O)[C@@H](C)OC(=O)[C@H](C)NC(=O)c2cccc(C)c2)cc1. The zero-order valence-corrected chi connectivity index (χ0v) is 16.6. The number of aryl methyl sites for hydroxylation is 2. The van der Waals surface area contributed by atoms with E-state index in [1.165, 1.54) is 13.8 Å².